The van der Waals surface area contributed by atoms with Gasteiger partial charge in [0, 0.05) is 6.54 Å². The van der Waals surface area contributed by atoms with E-state index in [0.717, 1.165) is 11.1 Å². The normalized spacial score (nSPS) is 12.6. The number of benzene rings is 2. The summed E-state index contributed by atoms with van der Waals surface area (Å²) in [6, 6.07) is 15.2. The lowest BCUT2D eigenvalue weighted by atomic mass is 10.2. The first kappa shape index (κ1) is 18.2. The van der Waals surface area contributed by atoms with Gasteiger partial charge in [0.15, 0.2) is 0 Å². The van der Waals surface area contributed by atoms with Crippen LogP contribution in [0.1, 0.15) is 24.5 Å². The molecule has 0 bridgehead atoms. The molecule has 128 valence electrons. The summed E-state index contributed by atoms with van der Waals surface area (Å²) in [5.74, 6) is -0.336. The van der Waals surface area contributed by atoms with Crippen molar-refractivity contribution >= 4 is 15.9 Å². The summed E-state index contributed by atoms with van der Waals surface area (Å²) in [5, 5.41) is 2.77. The lowest BCUT2D eigenvalue weighted by Crippen LogP contribution is -2.46. The number of hydrogen-bond acceptors (Lipinski definition) is 3. The number of aryl methyl sites for hydroxylation is 1. The van der Waals surface area contributed by atoms with E-state index in [1.54, 1.807) is 19.1 Å². The standard InChI is InChI=1S/C18H22N2O3S/c1-3-17(18(21)19-13-15-7-5-4-6-8-15)20-24(22,23)16-11-9-14(2)10-12-16/h4-12,17,20H,3,13H2,1-2H3,(H,19,21)/t17-/m1/s1. The van der Waals surface area contributed by atoms with Gasteiger partial charge in [0.2, 0.25) is 15.9 Å². The predicted octanol–water partition coefficient (Wildman–Crippen LogP) is 2.37. The summed E-state index contributed by atoms with van der Waals surface area (Å²) in [4.78, 5) is 12.4. The van der Waals surface area contributed by atoms with Crippen molar-refractivity contribution in [1.82, 2.24) is 10.0 Å². The van der Waals surface area contributed by atoms with Crippen LogP contribution in [0, 0.1) is 6.92 Å². The van der Waals surface area contributed by atoms with Crippen LogP contribution >= 0.6 is 0 Å². The van der Waals surface area contributed by atoms with Gasteiger partial charge in [-0.15, -0.1) is 0 Å². The molecular weight excluding hydrogens is 324 g/mol. The summed E-state index contributed by atoms with van der Waals surface area (Å²) in [6.45, 7) is 4.02. The highest BCUT2D eigenvalue weighted by molar-refractivity contribution is 7.89. The van der Waals surface area contributed by atoms with E-state index in [9.17, 15) is 13.2 Å². The predicted molar refractivity (Wildman–Crippen MR) is 93.9 cm³/mol. The number of nitrogens with one attached hydrogen (secondary N) is 2. The third-order valence-corrected chi connectivity index (χ3v) is 5.15. The topological polar surface area (TPSA) is 75.3 Å². The van der Waals surface area contributed by atoms with Crippen LogP contribution in [0.25, 0.3) is 0 Å². The van der Waals surface area contributed by atoms with Crippen LogP contribution in [0.15, 0.2) is 59.5 Å². The van der Waals surface area contributed by atoms with E-state index in [-0.39, 0.29) is 10.8 Å². The molecule has 2 N–H and O–H groups in total. The van der Waals surface area contributed by atoms with E-state index in [2.05, 4.69) is 10.0 Å². The molecule has 0 radical (unpaired) electrons. The van der Waals surface area contributed by atoms with Gasteiger partial charge in [-0.05, 0) is 31.0 Å². The molecule has 0 aliphatic heterocycles. The van der Waals surface area contributed by atoms with Crippen LogP contribution in [-0.2, 0) is 21.4 Å². The van der Waals surface area contributed by atoms with Crippen LogP contribution in [-0.4, -0.2) is 20.4 Å². The molecule has 0 aliphatic rings. The zero-order valence-electron chi connectivity index (χ0n) is 13.8. The van der Waals surface area contributed by atoms with Gasteiger partial charge in [-0.2, -0.15) is 4.72 Å². The maximum Gasteiger partial charge on any atom is 0.241 e. The molecule has 6 heteroatoms. The smallest absolute Gasteiger partial charge is 0.241 e. The van der Waals surface area contributed by atoms with Gasteiger partial charge in [-0.25, -0.2) is 8.42 Å². The summed E-state index contributed by atoms with van der Waals surface area (Å²) in [6.07, 6.45) is 0.367. The molecule has 0 aliphatic carbocycles. The molecular formula is C18H22N2O3S. The van der Waals surface area contributed by atoms with E-state index in [4.69, 9.17) is 0 Å². The Morgan fingerprint density at radius 3 is 2.25 bits per heavy atom. The Morgan fingerprint density at radius 2 is 1.67 bits per heavy atom. The Balaban J connectivity index is 2.02. The molecule has 24 heavy (non-hydrogen) atoms. The van der Waals surface area contributed by atoms with Crippen LogP contribution in [0.2, 0.25) is 0 Å². The average molecular weight is 346 g/mol. The van der Waals surface area contributed by atoms with E-state index < -0.39 is 16.1 Å². The second-order valence-electron chi connectivity index (χ2n) is 5.60. The molecule has 5 nitrogen and oxygen atoms in total. The second kappa shape index (κ2) is 8.08. The third kappa shape index (κ3) is 4.91. The van der Waals surface area contributed by atoms with Crippen molar-refractivity contribution in [3.05, 3.63) is 65.7 Å². The SMILES string of the molecule is CC[C@@H](NS(=O)(=O)c1ccc(C)cc1)C(=O)NCc1ccccc1. The van der Waals surface area contributed by atoms with Gasteiger partial charge in [0.05, 0.1) is 4.90 Å². The zero-order valence-corrected chi connectivity index (χ0v) is 14.6. The first-order valence-corrected chi connectivity index (χ1v) is 9.31. The zero-order chi connectivity index (χ0) is 17.6. The molecule has 0 aromatic heterocycles. The number of hydrogen-bond donors (Lipinski definition) is 2. The van der Waals surface area contributed by atoms with Crippen molar-refractivity contribution in [1.29, 1.82) is 0 Å². The number of carbonyl (C=O) groups excluding carboxylic acids is 1. The van der Waals surface area contributed by atoms with Gasteiger partial charge >= 0.3 is 0 Å². The molecule has 2 aromatic carbocycles. The minimum absolute atomic E-state index is 0.155. The molecule has 0 saturated heterocycles. The number of sulfonamides is 1. The van der Waals surface area contributed by atoms with Gasteiger partial charge < -0.3 is 5.32 Å². The molecule has 1 amide bonds. The summed E-state index contributed by atoms with van der Waals surface area (Å²) in [5.41, 5.74) is 1.93. The first-order chi connectivity index (χ1) is 11.4. The van der Waals surface area contributed by atoms with E-state index in [0.29, 0.717) is 13.0 Å². The van der Waals surface area contributed by atoms with Crippen LogP contribution < -0.4 is 10.0 Å². The minimum atomic E-state index is -3.73. The fourth-order valence-corrected chi connectivity index (χ4v) is 3.48. The Labute approximate surface area is 143 Å². The second-order valence-corrected chi connectivity index (χ2v) is 7.31. The summed E-state index contributed by atoms with van der Waals surface area (Å²) in [7, 11) is -3.73. The van der Waals surface area contributed by atoms with Crippen LogP contribution in [0.4, 0.5) is 0 Å². The molecule has 0 unspecified atom stereocenters. The van der Waals surface area contributed by atoms with E-state index in [1.807, 2.05) is 37.3 Å². The molecule has 0 heterocycles. The maximum atomic E-state index is 12.4. The Bertz CT molecular complexity index is 772. The van der Waals surface area contributed by atoms with Gasteiger partial charge in [0.25, 0.3) is 0 Å². The minimum Gasteiger partial charge on any atom is -0.351 e. The molecule has 2 rings (SSSR count). The molecule has 0 saturated carbocycles. The van der Waals surface area contributed by atoms with Crippen molar-refractivity contribution in [3.63, 3.8) is 0 Å². The summed E-state index contributed by atoms with van der Waals surface area (Å²) < 4.78 is 27.3. The lowest BCUT2D eigenvalue weighted by Gasteiger charge is -2.17. The van der Waals surface area contributed by atoms with Gasteiger partial charge in [0.1, 0.15) is 6.04 Å². The largest absolute Gasteiger partial charge is 0.351 e. The fourth-order valence-electron chi connectivity index (χ4n) is 2.20. The van der Waals surface area contributed by atoms with Crippen LogP contribution in [0.5, 0.6) is 0 Å². The monoisotopic (exact) mass is 346 g/mol. The van der Waals surface area contributed by atoms with E-state index in [1.165, 1.54) is 12.1 Å². The lowest BCUT2D eigenvalue weighted by molar-refractivity contribution is -0.122. The van der Waals surface area contributed by atoms with Crippen molar-refractivity contribution in [3.8, 4) is 0 Å². The number of amides is 1. The third-order valence-electron chi connectivity index (χ3n) is 3.66. The maximum absolute atomic E-state index is 12.4. The van der Waals surface area contributed by atoms with Crippen molar-refractivity contribution in [2.24, 2.45) is 0 Å². The highest BCUT2D eigenvalue weighted by atomic mass is 32.2. The molecule has 0 spiro atoms. The summed E-state index contributed by atoms with van der Waals surface area (Å²) >= 11 is 0. The van der Waals surface area contributed by atoms with Crippen molar-refractivity contribution in [2.45, 2.75) is 37.8 Å². The van der Waals surface area contributed by atoms with Crippen molar-refractivity contribution < 1.29 is 13.2 Å². The van der Waals surface area contributed by atoms with E-state index >= 15 is 0 Å². The number of rotatable bonds is 7. The van der Waals surface area contributed by atoms with Gasteiger partial charge in [-0.1, -0.05) is 55.0 Å². The Kier molecular flexibility index (Phi) is 6.11. The molecule has 2 aromatic rings. The van der Waals surface area contributed by atoms with Crippen LogP contribution in [0.3, 0.4) is 0 Å². The Hall–Kier alpha value is -2.18. The fraction of sp³-hybridized carbons (Fsp3) is 0.278. The van der Waals surface area contributed by atoms with Crippen molar-refractivity contribution in [2.75, 3.05) is 0 Å². The number of carbonyl (C=O) groups is 1. The highest BCUT2D eigenvalue weighted by Gasteiger charge is 2.24. The van der Waals surface area contributed by atoms with Gasteiger partial charge in [-0.3, -0.25) is 4.79 Å². The first-order valence-electron chi connectivity index (χ1n) is 7.83. The molecule has 1 atom stereocenters. The Morgan fingerprint density at radius 1 is 1.04 bits per heavy atom. The highest BCUT2D eigenvalue weighted by Crippen LogP contribution is 2.11. The average Bonchev–Trinajstić information content (AvgIpc) is 2.59. The quantitative estimate of drug-likeness (QED) is 0.808. The molecule has 0 fully saturated rings.